The maximum absolute atomic E-state index is 12.0. The first kappa shape index (κ1) is 13.2. The second kappa shape index (κ2) is 5.71. The quantitative estimate of drug-likeness (QED) is 0.852. The molecule has 0 saturated heterocycles. The van der Waals surface area contributed by atoms with Gasteiger partial charge in [0.15, 0.2) is 0 Å². The highest BCUT2D eigenvalue weighted by Gasteiger charge is 2.15. The summed E-state index contributed by atoms with van der Waals surface area (Å²) in [6.07, 6.45) is 1.81. The molecule has 0 radical (unpaired) electrons. The molecule has 1 aliphatic heterocycles. The molecule has 0 amide bonds. The molecule has 20 heavy (non-hydrogen) atoms. The molecule has 3 rings (SSSR count). The number of anilines is 1. The van der Waals surface area contributed by atoms with E-state index in [4.69, 9.17) is 0 Å². The van der Waals surface area contributed by atoms with Gasteiger partial charge in [-0.2, -0.15) is 0 Å². The number of thioether (sulfide) groups is 1. The summed E-state index contributed by atoms with van der Waals surface area (Å²) in [6.45, 7) is 2.99. The first-order chi connectivity index (χ1) is 9.74. The summed E-state index contributed by atoms with van der Waals surface area (Å²) in [5, 5.41) is 3.21. The Hall–Kier alpha value is -1.75. The smallest absolute Gasteiger partial charge is 0.256 e. The van der Waals surface area contributed by atoms with E-state index in [0.717, 1.165) is 36.6 Å². The summed E-state index contributed by atoms with van der Waals surface area (Å²) in [5.74, 6) is 2.17. The van der Waals surface area contributed by atoms with Crippen LogP contribution < -0.4 is 10.9 Å². The van der Waals surface area contributed by atoms with Crippen LogP contribution in [0.3, 0.4) is 0 Å². The second-order valence-corrected chi connectivity index (χ2v) is 5.94. The fourth-order valence-electron chi connectivity index (χ4n) is 2.33. The molecule has 0 unspecified atom stereocenters. The molecule has 104 valence electrons. The Labute approximate surface area is 122 Å². The molecule has 0 atom stereocenters. The van der Waals surface area contributed by atoms with Gasteiger partial charge in [-0.15, -0.1) is 11.8 Å². The lowest BCUT2D eigenvalue weighted by atomic mass is 10.1. The van der Waals surface area contributed by atoms with Crippen molar-refractivity contribution in [1.82, 2.24) is 9.97 Å². The van der Waals surface area contributed by atoms with E-state index in [1.54, 1.807) is 11.8 Å². The first-order valence-corrected chi connectivity index (χ1v) is 7.77. The predicted molar refractivity (Wildman–Crippen MR) is 82.4 cm³/mol. The summed E-state index contributed by atoms with van der Waals surface area (Å²) < 4.78 is 0. The van der Waals surface area contributed by atoms with Crippen LogP contribution in [0.4, 0.5) is 5.82 Å². The third-order valence-corrected chi connectivity index (χ3v) is 4.61. The summed E-state index contributed by atoms with van der Waals surface area (Å²) in [6, 6.07) is 8.24. The number of fused-ring (bicyclic) bond motifs is 1. The fraction of sp³-hybridized carbons (Fsp3) is 0.333. The van der Waals surface area contributed by atoms with E-state index >= 15 is 0 Å². The summed E-state index contributed by atoms with van der Waals surface area (Å²) >= 11 is 1.70. The summed E-state index contributed by atoms with van der Waals surface area (Å²) in [4.78, 5) is 20.7. The van der Waals surface area contributed by atoms with E-state index in [1.165, 1.54) is 10.5 Å². The normalized spacial score (nSPS) is 13.7. The van der Waals surface area contributed by atoms with Crippen LogP contribution in [0.15, 0.2) is 34.0 Å². The average molecular weight is 287 g/mol. The van der Waals surface area contributed by atoms with Crippen molar-refractivity contribution < 1.29 is 0 Å². The third kappa shape index (κ3) is 2.72. The molecule has 1 aliphatic rings. The highest BCUT2D eigenvalue weighted by molar-refractivity contribution is 7.98. The molecule has 0 bridgehead atoms. The van der Waals surface area contributed by atoms with E-state index in [0.29, 0.717) is 5.75 Å². The Balaban J connectivity index is 1.80. The van der Waals surface area contributed by atoms with Crippen molar-refractivity contribution in [3.05, 3.63) is 51.6 Å². The maximum atomic E-state index is 12.0. The number of benzene rings is 1. The standard InChI is InChI=1S/C15H17N3OS/c1-10-5-2-3-7-12(10)20-9-13-17-14-11(15(19)18-13)6-4-8-16-14/h2-3,5,7H,4,6,8-9H2,1H3,(H2,16,17,18,19). The molecular formula is C15H17N3OS. The zero-order valence-electron chi connectivity index (χ0n) is 11.4. The number of rotatable bonds is 3. The molecular weight excluding hydrogens is 270 g/mol. The van der Waals surface area contributed by atoms with Crippen molar-refractivity contribution in [2.45, 2.75) is 30.4 Å². The molecule has 2 N–H and O–H groups in total. The van der Waals surface area contributed by atoms with Crippen LogP contribution in [-0.2, 0) is 12.2 Å². The van der Waals surface area contributed by atoms with Gasteiger partial charge in [-0.1, -0.05) is 18.2 Å². The summed E-state index contributed by atoms with van der Waals surface area (Å²) in [5.41, 5.74) is 2.04. The van der Waals surface area contributed by atoms with Gasteiger partial charge in [0.05, 0.1) is 11.3 Å². The maximum Gasteiger partial charge on any atom is 0.256 e. The lowest BCUT2D eigenvalue weighted by Crippen LogP contribution is -2.24. The van der Waals surface area contributed by atoms with Crippen LogP contribution >= 0.6 is 11.8 Å². The van der Waals surface area contributed by atoms with Crippen molar-refractivity contribution in [1.29, 1.82) is 0 Å². The van der Waals surface area contributed by atoms with Gasteiger partial charge in [-0.3, -0.25) is 4.79 Å². The SMILES string of the molecule is Cc1ccccc1SCc1nc2c(c(=O)[nH]1)CCCN2. The number of aromatic amines is 1. The van der Waals surface area contributed by atoms with Crippen LogP contribution in [0.1, 0.15) is 23.4 Å². The van der Waals surface area contributed by atoms with Crippen LogP contribution in [0.2, 0.25) is 0 Å². The molecule has 2 aromatic rings. The molecule has 4 nitrogen and oxygen atoms in total. The van der Waals surface area contributed by atoms with Gasteiger partial charge in [0.1, 0.15) is 11.6 Å². The fourth-order valence-corrected chi connectivity index (χ4v) is 3.23. The van der Waals surface area contributed by atoms with Gasteiger partial charge in [0.2, 0.25) is 0 Å². The number of H-pyrrole nitrogens is 1. The Bertz CT molecular complexity index is 681. The van der Waals surface area contributed by atoms with Crippen LogP contribution in [0, 0.1) is 6.92 Å². The lowest BCUT2D eigenvalue weighted by molar-refractivity contribution is 0.789. The summed E-state index contributed by atoms with van der Waals surface area (Å²) in [7, 11) is 0. The first-order valence-electron chi connectivity index (χ1n) is 6.78. The monoisotopic (exact) mass is 287 g/mol. The van der Waals surface area contributed by atoms with E-state index in [1.807, 2.05) is 12.1 Å². The molecule has 0 fully saturated rings. The second-order valence-electron chi connectivity index (χ2n) is 4.92. The van der Waals surface area contributed by atoms with Gasteiger partial charge in [-0.25, -0.2) is 4.98 Å². The number of aromatic nitrogens is 2. The van der Waals surface area contributed by atoms with E-state index in [-0.39, 0.29) is 5.56 Å². The molecule has 0 saturated carbocycles. The zero-order chi connectivity index (χ0) is 13.9. The van der Waals surface area contributed by atoms with Gasteiger partial charge < -0.3 is 10.3 Å². The highest BCUT2D eigenvalue weighted by atomic mass is 32.2. The minimum absolute atomic E-state index is 0.00239. The minimum Gasteiger partial charge on any atom is -0.370 e. The van der Waals surface area contributed by atoms with Gasteiger partial charge in [-0.05, 0) is 31.4 Å². The Kier molecular flexibility index (Phi) is 3.78. The number of hydrogen-bond donors (Lipinski definition) is 2. The number of aryl methyl sites for hydroxylation is 1. The van der Waals surface area contributed by atoms with E-state index in [2.05, 4.69) is 34.3 Å². The van der Waals surface area contributed by atoms with E-state index < -0.39 is 0 Å². The Morgan fingerprint density at radius 3 is 3.05 bits per heavy atom. The number of nitrogens with zero attached hydrogens (tertiary/aromatic N) is 1. The third-order valence-electron chi connectivity index (χ3n) is 3.42. The van der Waals surface area contributed by atoms with Crippen LogP contribution in [-0.4, -0.2) is 16.5 Å². The predicted octanol–water partition coefficient (Wildman–Crippen LogP) is 2.73. The number of hydrogen-bond acceptors (Lipinski definition) is 4. The zero-order valence-corrected chi connectivity index (χ0v) is 12.2. The molecule has 2 heterocycles. The molecule has 0 spiro atoms. The molecule has 1 aromatic heterocycles. The largest absolute Gasteiger partial charge is 0.370 e. The van der Waals surface area contributed by atoms with Gasteiger partial charge >= 0.3 is 0 Å². The van der Waals surface area contributed by atoms with Crippen LogP contribution in [0.25, 0.3) is 0 Å². The topological polar surface area (TPSA) is 57.8 Å². The van der Waals surface area contributed by atoms with Crippen LogP contribution in [0.5, 0.6) is 0 Å². The Morgan fingerprint density at radius 2 is 2.20 bits per heavy atom. The molecule has 0 aliphatic carbocycles. The van der Waals surface area contributed by atoms with Crippen molar-refractivity contribution in [2.24, 2.45) is 0 Å². The molecule has 5 heteroatoms. The minimum atomic E-state index is 0.00239. The number of nitrogens with one attached hydrogen (secondary N) is 2. The highest BCUT2D eigenvalue weighted by Crippen LogP contribution is 2.25. The van der Waals surface area contributed by atoms with E-state index in [9.17, 15) is 4.79 Å². The van der Waals surface area contributed by atoms with Crippen molar-refractivity contribution in [3.8, 4) is 0 Å². The van der Waals surface area contributed by atoms with Crippen molar-refractivity contribution >= 4 is 17.6 Å². The van der Waals surface area contributed by atoms with Crippen molar-refractivity contribution in [2.75, 3.05) is 11.9 Å². The van der Waals surface area contributed by atoms with Gasteiger partial charge in [0, 0.05) is 11.4 Å². The van der Waals surface area contributed by atoms with Crippen molar-refractivity contribution in [3.63, 3.8) is 0 Å². The Morgan fingerprint density at radius 1 is 1.35 bits per heavy atom. The average Bonchev–Trinajstić information content (AvgIpc) is 2.46. The lowest BCUT2D eigenvalue weighted by Gasteiger charge is -2.16. The molecule has 1 aromatic carbocycles. The van der Waals surface area contributed by atoms with Gasteiger partial charge in [0.25, 0.3) is 5.56 Å².